The van der Waals surface area contributed by atoms with Gasteiger partial charge in [-0.3, -0.25) is 0 Å². The molecule has 4 aromatic heterocycles. The zero-order valence-electron chi connectivity index (χ0n) is 75.7. The minimum Gasteiger partial charge on any atom is -0.494 e. The molecule has 694 valence electrons. The van der Waals surface area contributed by atoms with Gasteiger partial charge in [-0.15, -0.1) is 0 Å². The maximum Gasteiger partial charge on any atom is 0.240 e. The molecule has 8 aromatic carbocycles. The lowest BCUT2D eigenvalue weighted by molar-refractivity contribution is 0.313. The molecule has 7 heterocycles. The molecule has 0 amide bonds. The molecular weight excluding hydrogens is 1770 g/mol. The van der Waals surface area contributed by atoms with Crippen molar-refractivity contribution in [3.8, 4) is 5.75 Å². The summed E-state index contributed by atoms with van der Waals surface area (Å²) >= 11 is 6.40. The van der Waals surface area contributed by atoms with Gasteiger partial charge in [0, 0.05) is 169 Å². The number of rotatable bonds is 30. The van der Waals surface area contributed by atoms with Crippen molar-refractivity contribution in [1.82, 2.24) is 59.3 Å². The Hall–Kier alpha value is -11.7. The van der Waals surface area contributed by atoms with Crippen LogP contribution in [0.1, 0.15) is 120 Å². The highest BCUT2D eigenvalue weighted by atomic mass is 35.5. The maximum absolute atomic E-state index is 12.6. The molecule has 2 saturated carbocycles. The number of likely N-dealkylation sites (N-methyl/N-ethyl adjacent to an activating group) is 3. The van der Waals surface area contributed by atoms with Crippen LogP contribution >= 0.6 is 11.6 Å². The van der Waals surface area contributed by atoms with Crippen LogP contribution in [0.15, 0.2) is 234 Å². The monoisotopic (exact) mass is 1880 g/mol. The molecule has 0 bridgehead atoms. The fraction of sp³-hybridized carbons (Fsp3) is 0.340. The van der Waals surface area contributed by atoms with Crippen molar-refractivity contribution in [1.29, 1.82) is 0 Å². The number of halogens is 1. The van der Waals surface area contributed by atoms with Crippen LogP contribution in [0.2, 0.25) is 5.02 Å². The Bertz CT molecular complexity index is 6440. The van der Waals surface area contributed by atoms with Crippen molar-refractivity contribution >= 4 is 115 Å². The average molecular weight is 1880 g/mol. The number of anilines is 11. The molecule has 17 rings (SSSR count). The van der Waals surface area contributed by atoms with Gasteiger partial charge in [-0.1, -0.05) is 92.2 Å². The highest BCUT2D eigenvalue weighted by Crippen LogP contribution is 2.34. The molecule has 3 aliphatic heterocycles. The van der Waals surface area contributed by atoms with Gasteiger partial charge in [-0.25, -0.2) is 88.5 Å². The first kappa shape index (κ1) is 96.4. The third-order valence-electron chi connectivity index (χ3n) is 23.3. The maximum atomic E-state index is 12.6. The Morgan fingerprint density at radius 3 is 1.23 bits per heavy atom. The van der Waals surface area contributed by atoms with Crippen molar-refractivity contribution in [3.05, 3.63) is 291 Å². The number of hydrogen-bond donors (Lipinski definition) is 7. The summed E-state index contributed by atoms with van der Waals surface area (Å²) in [5.74, 6) is 3.01. The summed E-state index contributed by atoms with van der Waals surface area (Å²) in [6, 6.07) is 60.6. The number of nitrogens with zero attached hydrogens (tertiary/aromatic N) is 14. The second-order valence-corrected chi connectivity index (χ2v) is 41.8. The van der Waals surface area contributed by atoms with E-state index in [0.29, 0.717) is 70.7 Å². The van der Waals surface area contributed by atoms with Crippen LogP contribution < -0.4 is 55.7 Å². The second kappa shape index (κ2) is 43.8. The molecule has 5 aliphatic rings. The van der Waals surface area contributed by atoms with E-state index >= 15 is 0 Å². The van der Waals surface area contributed by atoms with E-state index in [0.717, 1.165) is 184 Å². The summed E-state index contributed by atoms with van der Waals surface area (Å²) < 4.78 is 105. The first-order chi connectivity index (χ1) is 63.2. The van der Waals surface area contributed by atoms with E-state index in [4.69, 9.17) is 36.6 Å². The number of ether oxygens (including phenoxy) is 1. The summed E-state index contributed by atoms with van der Waals surface area (Å²) in [7, 11) is -7.71. The zero-order valence-corrected chi connectivity index (χ0v) is 79.7. The number of piperazine rings is 3. The molecule has 0 unspecified atom stereocenters. The molecule has 12 aromatic rings. The minimum absolute atomic E-state index is 0.0308. The van der Waals surface area contributed by atoms with E-state index in [9.17, 15) is 33.7 Å². The largest absolute Gasteiger partial charge is 0.494 e. The summed E-state index contributed by atoms with van der Waals surface area (Å²) in [5, 5.41) is 23.7. The predicted octanol–water partition coefficient (Wildman–Crippen LogP) is 14.1. The van der Waals surface area contributed by atoms with Gasteiger partial charge in [0.15, 0.2) is 9.84 Å². The van der Waals surface area contributed by atoms with Crippen LogP contribution in [0.5, 0.6) is 5.75 Å². The molecule has 9 N–H and O–H groups in total. The molecule has 35 heteroatoms. The number of hydrogen-bond acceptors (Lipinski definition) is 27. The normalized spacial score (nSPS) is 15.2. The Kier molecular flexibility index (Phi) is 32.0. The smallest absolute Gasteiger partial charge is 0.240 e. The number of sulfonamides is 3. The van der Waals surface area contributed by atoms with E-state index in [1.807, 2.05) is 88.5 Å². The van der Waals surface area contributed by atoms with E-state index in [1.54, 1.807) is 61.1 Å². The Morgan fingerprint density at radius 2 is 0.780 bits per heavy atom. The van der Waals surface area contributed by atoms with Gasteiger partial charge in [-0.05, 0) is 245 Å². The van der Waals surface area contributed by atoms with Crippen molar-refractivity contribution < 1.29 is 38.4 Å². The fourth-order valence-corrected chi connectivity index (χ4v) is 19.7. The van der Waals surface area contributed by atoms with Crippen LogP contribution in [0.25, 0.3) is 0 Å². The van der Waals surface area contributed by atoms with Gasteiger partial charge in [0.2, 0.25) is 53.9 Å². The van der Waals surface area contributed by atoms with Gasteiger partial charge in [0.05, 0.1) is 66.3 Å². The quantitative estimate of drug-likeness (QED) is 0.0220. The zero-order chi connectivity index (χ0) is 93.3. The number of primary sulfonamides is 2. The molecule has 0 spiro atoms. The second-order valence-electron chi connectivity index (χ2n) is 34.3. The Labute approximate surface area is 780 Å². The first-order valence-electron chi connectivity index (χ1n) is 44.3. The van der Waals surface area contributed by atoms with E-state index < -0.39 is 39.9 Å². The van der Waals surface area contributed by atoms with E-state index in [1.165, 1.54) is 46.9 Å². The minimum atomic E-state index is -3.84. The SMILES string of the molecule is CC(C)c1cnc(Nc2cccc(S(N)(=O)=O)c2)nc1Cc1cccc(S(N)(=O)=O)c1.CCOc1cccc(Cc2nc(Nc3ccc(N4CCN(C)CC4)cc3)ncc2C)c1.CN1CCN(c2ccc(Nc3ncc(Cl)c(Cc4cccc(CS(=O)(=O)C5CC5)c4)n3)cc2)CC1.Cc1cnc(Nc2ccc(N3CCN(C)CC3)cc2)nc1Cc1cccc(S(=O)(=O)NC2CC2)c1. The molecule has 132 heavy (non-hydrogen) atoms. The van der Waals surface area contributed by atoms with Crippen LogP contribution in [0.3, 0.4) is 0 Å². The predicted molar refractivity (Wildman–Crippen MR) is 525 cm³/mol. The van der Waals surface area contributed by atoms with Crippen LogP contribution in [0, 0.1) is 13.8 Å². The van der Waals surface area contributed by atoms with Crippen LogP contribution in [0.4, 0.5) is 63.6 Å². The van der Waals surface area contributed by atoms with Gasteiger partial charge in [-0.2, -0.15) is 0 Å². The molecule has 5 fully saturated rings. The van der Waals surface area contributed by atoms with Gasteiger partial charge in [0.25, 0.3) is 0 Å². The molecule has 3 saturated heterocycles. The van der Waals surface area contributed by atoms with E-state index in [2.05, 4.69) is 186 Å². The molecule has 2 aliphatic carbocycles. The fourth-order valence-electron chi connectivity index (χ4n) is 15.3. The first-order valence-corrected chi connectivity index (χ1v) is 51.0. The highest BCUT2D eigenvalue weighted by molar-refractivity contribution is 7.91. The summed E-state index contributed by atoms with van der Waals surface area (Å²) in [6.07, 6.45) is 12.5. The van der Waals surface area contributed by atoms with E-state index in [-0.39, 0.29) is 38.7 Å². The molecule has 0 atom stereocenters. The van der Waals surface area contributed by atoms with Crippen molar-refractivity contribution in [2.75, 3.05) is 142 Å². The Morgan fingerprint density at radius 1 is 0.409 bits per heavy atom. The third kappa shape index (κ3) is 28.0. The number of benzene rings is 8. The van der Waals surface area contributed by atoms with Crippen molar-refractivity contribution in [2.45, 2.75) is 124 Å². The summed E-state index contributed by atoms with van der Waals surface area (Å²) in [5.41, 5.74) is 17.8. The Balaban J connectivity index is 0.000000142. The number of aromatic nitrogens is 8. The van der Waals surface area contributed by atoms with Crippen LogP contribution in [-0.2, 0) is 71.3 Å². The molecular formula is C97H116ClN21O9S4. The lowest BCUT2D eigenvalue weighted by Gasteiger charge is -2.34. The summed E-state index contributed by atoms with van der Waals surface area (Å²) in [4.78, 5) is 50.9. The number of aryl methyl sites for hydroxylation is 2. The summed E-state index contributed by atoms with van der Waals surface area (Å²) in [6.45, 7) is 23.5. The molecule has 30 nitrogen and oxygen atoms in total. The lowest BCUT2D eigenvalue weighted by Crippen LogP contribution is -2.44. The van der Waals surface area contributed by atoms with Crippen molar-refractivity contribution in [2.24, 2.45) is 10.3 Å². The van der Waals surface area contributed by atoms with Crippen LogP contribution in [-0.4, -0.2) is 206 Å². The van der Waals surface area contributed by atoms with Crippen molar-refractivity contribution in [3.63, 3.8) is 0 Å². The number of nitrogens with one attached hydrogen (secondary N) is 5. The lowest BCUT2D eigenvalue weighted by atomic mass is 9.99. The standard InChI is InChI=1S/C26H30ClN5O2S.C26H32N6O2S.C25H31N5O.C20H23N5O4S2/c1-31-11-13-32(14-12-31)22-7-5-21(6-8-22)29-26-28-17-24(27)25(30-26)16-19-3-2-4-20(15-19)18-35(33,34)23-9-10-23;1-19-18-27-26(28-21-8-10-23(11-9-21)32-14-12-31(2)13-15-32)29-25(19)17-20-4-3-5-24(16-20)35(33,34)30-22-6-7-22;1-4-31-23-7-5-6-20(16-23)17-24-19(2)18-26-25(28-24)27-21-8-10-22(11-9-21)30-14-12-29(3)13-15-30;1-13(2)18-12-23-20(24-15-6-4-8-17(11-15)31(22,28)29)25-19(18)10-14-5-3-7-16(9-14)30(21,26)27/h2-8,15,17,23H,9-14,16,18H2,1H3,(H,28,29,30);3-5,8-11,16,18,22,30H,6-7,12-15,17H2,1-2H3,(H,27,28,29);5-11,16,18H,4,12-15,17H2,1-3H3,(H,26,27,28);3-9,11-13H,10H2,1-2H3,(H2,21,26,27)(H2,22,28,29)(H,23,24,25). The van der Waals surface area contributed by atoms with Gasteiger partial charge < -0.3 is 55.4 Å². The van der Waals surface area contributed by atoms with Gasteiger partial charge >= 0.3 is 0 Å². The number of sulfone groups is 1. The third-order valence-corrected chi connectivity index (χ3v) is 29.2. The number of nitrogens with two attached hydrogens (primary N) is 2. The highest BCUT2D eigenvalue weighted by Gasteiger charge is 2.36. The average Bonchev–Trinajstić information content (AvgIpc) is 1.63. The molecule has 0 radical (unpaired) electrons. The van der Waals surface area contributed by atoms with Gasteiger partial charge in [0.1, 0.15) is 5.75 Å². The topological polar surface area (TPSA) is 381 Å².